The summed E-state index contributed by atoms with van der Waals surface area (Å²) >= 11 is 12.0. The molecule has 0 aromatic heterocycles. The van der Waals surface area contributed by atoms with Gasteiger partial charge in [0.05, 0.1) is 28.5 Å². The van der Waals surface area contributed by atoms with Crippen molar-refractivity contribution >= 4 is 44.8 Å². The summed E-state index contributed by atoms with van der Waals surface area (Å²) in [6.07, 6.45) is 3.26. The number of hydrogen-bond acceptors (Lipinski definition) is 3. The highest BCUT2D eigenvalue weighted by Crippen LogP contribution is 2.33. The van der Waals surface area contributed by atoms with Crippen molar-refractivity contribution in [1.29, 1.82) is 0 Å². The Labute approximate surface area is 141 Å². The van der Waals surface area contributed by atoms with E-state index in [0.717, 1.165) is 23.4 Å². The molecule has 0 unspecified atom stereocenters. The second-order valence-corrected chi connectivity index (χ2v) is 7.55. The third-order valence-corrected chi connectivity index (χ3v) is 4.98. The molecule has 0 heterocycles. The largest absolute Gasteiger partial charge is 0.354 e. The Morgan fingerprint density at radius 2 is 2.00 bits per heavy atom. The number of anilines is 1. The van der Waals surface area contributed by atoms with E-state index in [1.165, 1.54) is 0 Å². The molecule has 5 nitrogen and oxygen atoms in total. The maximum absolute atomic E-state index is 12.0. The summed E-state index contributed by atoms with van der Waals surface area (Å²) in [5.41, 5.74) is 0.305. The summed E-state index contributed by atoms with van der Waals surface area (Å²) in [4.78, 5) is 11.6. The van der Waals surface area contributed by atoms with Gasteiger partial charge in [0.15, 0.2) is 0 Å². The van der Waals surface area contributed by atoms with Crippen LogP contribution in [0, 0.1) is 0 Å². The minimum Gasteiger partial charge on any atom is -0.354 e. The number of rotatable bonds is 8. The fraction of sp³-hybridized carbons (Fsp3) is 0.500. The predicted octanol–water partition coefficient (Wildman–Crippen LogP) is 3.07. The minimum atomic E-state index is -3.53. The number of sulfonamides is 1. The number of unbranched alkanes of at least 4 members (excludes halogenated alkanes) is 1. The molecule has 8 heteroatoms. The van der Waals surface area contributed by atoms with Crippen molar-refractivity contribution < 1.29 is 13.2 Å². The zero-order chi connectivity index (χ0) is 16.8. The van der Waals surface area contributed by atoms with E-state index in [1.54, 1.807) is 18.2 Å². The summed E-state index contributed by atoms with van der Waals surface area (Å²) in [7, 11) is -3.53. The van der Waals surface area contributed by atoms with Crippen molar-refractivity contribution in [3.63, 3.8) is 0 Å². The standard InChI is InChI=1S/C14H20Cl2N2O3S/c1-3-4-8-13(19)17-9-10-18(22(2,20)21)12-7-5-6-11(15)14(12)16/h5-7H,3-4,8-10H2,1-2H3,(H,17,19). The van der Waals surface area contributed by atoms with E-state index in [2.05, 4.69) is 5.32 Å². The van der Waals surface area contributed by atoms with Gasteiger partial charge < -0.3 is 5.32 Å². The summed E-state index contributed by atoms with van der Waals surface area (Å²) < 4.78 is 25.0. The molecule has 0 aliphatic heterocycles. The fourth-order valence-electron chi connectivity index (χ4n) is 1.87. The molecular formula is C14H20Cl2N2O3S. The lowest BCUT2D eigenvalue weighted by Crippen LogP contribution is -2.38. The van der Waals surface area contributed by atoms with Gasteiger partial charge in [-0.05, 0) is 18.6 Å². The first-order valence-corrected chi connectivity index (χ1v) is 9.56. The predicted molar refractivity (Wildman–Crippen MR) is 91.2 cm³/mol. The number of halogens is 2. The van der Waals surface area contributed by atoms with Gasteiger partial charge in [0.1, 0.15) is 0 Å². The smallest absolute Gasteiger partial charge is 0.232 e. The Bertz CT molecular complexity index is 621. The highest BCUT2D eigenvalue weighted by atomic mass is 35.5. The summed E-state index contributed by atoms with van der Waals surface area (Å²) in [6, 6.07) is 4.79. The topological polar surface area (TPSA) is 66.5 Å². The molecule has 22 heavy (non-hydrogen) atoms. The van der Waals surface area contributed by atoms with Crippen molar-refractivity contribution in [2.24, 2.45) is 0 Å². The normalized spacial score (nSPS) is 11.3. The summed E-state index contributed by atoms with van der Waals surface area (Å²) in [6.45, 7) is 2.30. The molecule has 1 aromatic carbocycles. The number of carbonyl (C=O) groups is 1. The van der Waals surface area contributed by atoms with Crippen molar-refractivity contribution in [2.45, 2.75) is 26.2 Å². The zero-order valence-corrected chi connectivity index (χ0v) is 14.9. The molecule has 0 radical (unpaired) electrons. The maximum atomic E-state index is 12.0. The third-order valence-electron chi connectivity index (χ3n) is 2.99. The van der Waals surface area contributed by atoms with Crippen molar-refractivity contribution in [2.75, 3.05) is 23.7 Å². The van der Waals surface area contributed by atoms with Gasteiger partial charge in [-0.1, -0.05) is 42.6 Å². The lowest BCUT2D eigenvalue weighted by atomic mass is 10.2. The summed E-state index contributed by atoms with van der Waals surface area (Å²) in [5.74, 6) is -0.0903. The zero-order valence-electron chi connectivity index (χ0n) is 12.6. The van der Waals surface area contributed by atoms with Crippen LogP contribution in [0.1, 0.15) is 26.2 Å². The van der Waals surface area contributed by atoms with Gasteiger partial charge in [0.25, 0.3) is 0 Å². The Morgan fingerprint density at radius 1 is 1.32 bits per heavy atom. The number of benzene rings is 1. The quantitative estimate of drug-likeness (QED) is 0.768. The van der Waals surface area contributed by atoms with E-state index in [4.69, 9.17) is 23.2 Å². The minimum absolute atomic E-state index is 0.0903. The number of nitrogens with zero attached hydrogens (tertiary/aromatic N) is 1. The van der Waals surface area contributed by atoms with Gasteiger partial charge in [-0.15, -0.1) is 0 Å². The first-order chi connectivity index (χ1) is 10.3. The average Bonchev–Trinajstić information content (AvgIpc) is 2.43. The van der Waals surface area contributed by atoms with Crippen LogP contribution in [0.4, 0.5) is 5.69 Å². The van der Waals surface area contributed by atoms with Crippen molar-refractivity contribution in [3.8, 4) is 0 Å². The van der Waals surface area contributed by atoms with Crippen LogP contribution in [0.15, 0.2) is 18.2 Å². The molecular weight excluding hydrogens is 347 g/mol. The van der Waals surface area contributed by atoms with Gasteiger partial charge >= 0.3 is 0 Å². The van der Waals surface area contributed by atoms with Crippen molar-refractivity contribution in [1.82, 2.24) is 5.32 Å². The Kier molecular flexibility index (Phi) is 7.45. The molecule has 0 aliphatic carbocycles. The maximum Gasteiger partial charge on any atom is 0.232 e. The van der Waals surface area contributed by atoms with Gasteiger partial charge in [0, 0.05) is 13.0 Å². The molecule has 1 rings (SSSR count). The van der Waals surface area contributed by atoms with Crippen LogP contribution in [0.2, 0.25) is 10.0 Å². The van der Waals surface area contributed by atoms with Crippen LogP contribution >= 0.6 is 23.2 Å². The molecule has 1 N–H and O–H groups in total. The molecule has 0 atom stereocenters. The molecule has 0 spiro atoms. The lowest BCUT2D eigenvalue weighted by Gasteiger charge is -2.24. The molecule has 124 valence electrons. The SMILES string of the molecule is CCCCC(=O)NCCN(c1cccc(Cl)c1Cl)S(C)(=O)=O. The van der Waals surface area contributed by atoms with Crippen LogP contribution in [0.5, 0.6) is 0 Å². The number of amides is 1. The third kappa shape index (κ3) is 5.66. The first-order valence-electron chi connectivity index (χ1n) is 6.95. The van der Waals surface area contributed by atoms with Gasteiger partial charge in [-0.3, -0.25) is 9.10 Å². The molecule has 0 saturated carbocycles. The van der Waals surface area contributed by atoms with E-state index < -0.39 is 10.0 Å². The first kappa shape index (κ1) is 19.1. The monoisotopic (exact) mass is 366 g/mol. The van der Waals surface area contributed by atoms with E-state index in [0.29, 0.717) is 12.1 Å². The van der Waals surface area contributed by atoms with Crippen molar-refractivity contribution in [3.05, 3.63) is 28.2 Å². The average molecular weight is 367 g/mol. The van der Waals surface area contributed by atoms with Gasteiger partial charge in [-0.2, -0.15) is 0 Å². The molecule has 0 bridgehead atoms. The van der Waals surface area contributed by atoms with E-state index in [-0.39, 0.29) is 29.0 Å². The van der Waals surface area contributed by atoms with E-state index in [9.17, 15) is 13.2 Å². The number of carbonyl (C=O) groups excluding carboxylic acids is 1. The second kappa shape index (κ2) is 8.60. The van der Waals surface area contributed by atoms with Crippen LogP contribution < -0.4 is 9.62 Å². The van der Waals surface area contributed by atoms with Crippen LogP contribution in [-0.4, -0.2) is 33.7 Å². The molecule has 1 amide bonds. The van der Waals surface area contributed by atoms with Gasteiger partial charge in [0.2, 0.25) is 15.9 Å². The van der Waals surface area contributed by atoms with E-state index in [1.807, 2.05) is 6.92 Å². The van der Waals surface area contributed by atoms with Gasteiger partial charge in [-0.25, -0.2) is 8.42 Å². The van der Waals surface area contributed by atoms with Crippen LogP contribution in [0.25, 0.3) is 0 Å². The number of hydrogen-bond donors (Lipinski definition) is 1. The Balaban J connectivity index is 2.80. The Morgan fingerprint density at radius 3 is 2.59 bits per heavy atom. The number of nitrogens with one attached hydrogen (secondary N) is 1. The van der Waals surface area contributed by atoms with Crippen LogP contribution in [-0.2, 0) is 14.8 Å². The second-order valence-electron chi connectivity index (χ2n) is 4.86. The molecule has 0 aliphatic rings. The highest BCUT2D eigenvalue weighted by molar-refractivity contribution is 7.92. The fourth-order valence-corrected chi connectivity index (χ4v) is 3.25. The van der Waals surface area contributed by atoms with Crippen LogP contribution in [0.3, 0.4) is 0 Å². The van der Waals surface area contributed by atoms with E-state index >= 15 is 0 Å². The Hall–Kier alpha value is -0.980. The molecule has 0 saturated heterocycles. The summed E-state index contributed by atoms with van der Waals surface area (Å²) in [5, 5.41) is 3.15. The highest BCUT2D eigenvalue weighted by Gasteiger charge is 2.20. The lowest BCUT2D eigenvalue weighted by molar-refractivity contribution is -0.121. The molecule has 1 aromatic rings. The molecule has 0 fully saturated rings.